The monoisotopic (exact) mass is 359 g/mol. The Kier molecular flexibility index (Phi) is 5.83. The van der Waals surface area contributed by atoms with Crippen LogP contribution in [0.15, 0.2) is 27.8 Å². The van der Waals surface area contributed by atoms with Crippen molar-refractivity contribution in [2.75, 3.05) is 32.8 Å². The van der Waals surface area contributed by atoms with Crippen LogP contribution in [0.5, 0.6) is 0 Å². The number of nitrogens with zero attached hydrogens (tertiary/aromatic N) is 2. The van der Waals surface area contributed by atoms with E-state index in [4.69, 9.17) is 14.1 Å². The number of ether oxygens (including phenoxy) is 1. The maximum atomic E-state index is 5.86. The predicted molar refractivity (Wildman–Crippen MR) is 103 cm³/mol. The van der Waals surface area contributed by atoms with Crippen LogP contribution in [-0.4, -0.2) is 49.7 Å². The molecule has 4 rings (SSSR count). The largest absolute Gasteiger partial charge is 0.469 e. The molecule has 3 fully saturated rings. The molecule has 26 heavy (non-hydrogen) atoms. The molecule has 1 N–H and O–H groups in total. The van der Waals surface area contributed by atoms with Gasteiger partial charge >= 0.3 is 0 Å². The van der Waals surface area contributed by atoms with E-state index in [-0.39, 0.29) is 0 Å². The third-order valence-corrected chi connectivity index (χ3v) is 6.25. The minimum atomic E-state index is 0.343. The van der Waals surface area contributed by atoms with Crippen molar-refractivity contribution < 1.29 is 9.15 Å². The molecule has 0 amide bonds. The van der Waals surface area contributed by atoms with Crippen LogP contribution in [0.2, 0.25) is 0 Å². The number of furan rings is 1. The number of hydrogen-bond donors (Lipinski definition) is 1. The normalized spacial score (nSPS) is 28.0. The number of hydrogen-bond acceptors (Lipinski definition) is 3. The van der Waals surface area contributed by atoms with Gasteiger partial charge in [0.25, 0.3) is 0 Å². The van der Waals surface area contributed by atoms with Gasteiger partial charge in [-0.25, -0.2) is 0 Å². The average molecular weight is 360 g/mol. The summed E-state index contributed by atoms with van der Waals surface area (Å²) in [6.07, 6.45) is 12.9. The molecule has 1 saturated carbocycles. The van der Waals surface area contributed by atoms with Crippen molar-refractivity contribution in [3.8, 4) is 0 Å². The molecule has 0 aromatic carbocycles. The van der Waals surface area contributed by atoms with Crippen molar-refractivity contribution in [3.63, 3.8) is 0 Å². The van der Waals surface area contributed by atoms with Gasteiger partial charge in [-0.1, -0.05) is 12.8 Å². The lowest BCUT2D eigenvalue weighted by Crippen LogP contribution is -2.54. The summed E-state index contributed by atoms with van der Waals surface area (Å²) in [6, 6.07) is 4.58. The fourth-order valence-corrected chi connectivity index (χ4v) is 4.84. The summed E-state index contributed by atoms with van der Waals surface area (Å²) in [5.74, 6) is 2.14. The first kappa shape index (κ1) is 17.9. The third kappa shape index (κ3) is 4.43. The van der Waals surface area contributed by atoms with E-state index in [2.05, 4.69) is 10.2 Å². The van der Waals surface area contributed by atoms with Gasteiger partial charge in [0, 0.05) is 44.1 Å². The van der Waals surface area contributed by atoms with Crippen LogP contribution in [0.1, 0.15) is 57.1 Å². The van der Waals surface area contributed by atoms with Crippen LogP contribution in [0.4, 0.5) is 0 Å². The molecule has 0 radical (unpaired) electrons. The molecule has 3 heterocycles. The Morgan fingerprint density at radius 3 is 2.88 bits per heavy atom. The fraction of sp³-hybridized carbons (Fsp3) is 0.762. The first-order chi connectivity index (χ1) is 12.8. The molecule has 2 saturated heterocycles. The fourth-order valence-electron chi connectivity index (χ4n) is 4.84. The SMILES string of the molecule is c1coc(CCN=C(NC2CCCC2)N2CCCC3(CCCOC3)C2)c1. The van der Waals surface area contributed by atoms with Gasteiger partial charge in [-0.05, 0) is 50.7 Å². The second kappa shape index (κ2) is 8.47. The molecule has 144 valence electrons. The summed E-state index contributed by atoms with van der Waals surface area (Å²) in [5, 5.41) is 3.79. The molecule has 1 unspecified atom stereocenters. The number of rotatable bonds is 4. The summed E-state index contributed by atoms with van der Waals surface area (Å²) in [5.41, 5.74) is 0.343. The Morgan fingerprint density at radius 2 is 2.12 bits per heavy atom. The lowest BCUT2D eigenvalue weighted by atomic mass is 9.76. The topological polar surface area (TPSA) is 50.0 Å². The highest BCUT2D eigenvalue weighted by atomic mass is 16.5. The number of aliphatic imine (C=N–C) groups is 1. The second-order valence-corrected chi connectivity index (χ2v) is 8.34. The highest BCUT2D eigenvalue weighted by Crippen LogP contribution is 2.37. The van der Waals surface area contributed by atoms with Gasteiger partial charge in [-0.3, -0.25) is 4.99 Å². The zero-order valence-electron chi connectivity index (χ0n) is 15.9. The van der Waals surface area contributed by atoms with Gasteiger partial charge < -0.3 is 19.4 Å². The van der Waals surface area contributed by atoms with Crippen LogP contribution in [0, 0.1) is 5.41 Å². The Bertz CT molecular complexity index is 567. The molecule has 1 aromatic rings. The van der Waals surface area contributed by atoms with E-state index in [9.17, 15) is 0 Å². The molecule has 0 bridgehead atoms. The van der Waals surface area contributed by atoms with Crippen LogP contribution in [-0.2, 0) is 11.2 Å². The van der Waals surface area contributed by atoms with Crippen LogP contribution < -0.4 is 5.32 Å². The summed E-state index contributed by atoms with van der Waals surface area (Å²) < 4.78 is 11.3. The minimum absolute atomic E-state index is 0.343. The third-order valence-electron chi connectivity index (χ3n) is 6.25. The first-order valence-corrected chi connectivity index (χ1v) is 10.5. The smallest absolute Gasteiger partial charge is 0.194 e. The molecule has 5 heteroatoms. The minimum Gasteiger partial charge on any atom is -0.469 e. The maximum absolute atomic E-state index is 5.86. The highest BCUT2D eigenvalue weighted by Gasteiger charge is 2.38. The summed E-state index contributed by atoms with van der Waals surface area (Å²) in [4.78, 5) is 7.51. The maximum Gasteiger partial charge on any atom is 0.194 e. The Morgan fingerprint density at radius 1 is 1.23 bits per heavy atom. The molecule has 1 aliphatic carbocycles. The van der Waals surface area contributed by atoms with E-state index in [1.807, 2.05) is 12.1 Å². The van der Waals surface area contributed by atoms with Crippen molar-refractivity contribution in [2.24, 2.45) is 10.4 Å². The molecule has 1 spiro atoms. The molecular formula is C21H33N3O2. The van der Waals surface area contributed by atoms with E-state index in [1.165, 1.54) is 51.4 Å². The number of nitrogens with one attached hydrogen (secondary N) is 1. The molecule has 2 aliphatic heterocycles. The van der Waals surface area contributed by atoms with Gasteiger partial charge in [0.2, 0.25) is 0 Å². The van der Waals surface area contributed by atoms with Crippen molar-refractivity contribution in [1.82, 2.24) is 10.2 Å². The Hall–Kier alpha value is -1.49. The van der Waals surface area contributed by atoms with Gasteiger partial charge in [0.05, 0.1) is 12.9 Å². The zero-order chi connectivity index (χ0) is 17.7. The van der Waals surface area contributed by atoms with E-state index in [1.54, 1.807) is 6.26 Å². The first-order valence-electron chi connectivity index (χ1n) is 10.5. The average Bonchev–Trinajstić information content (AvgIpc) is 3.35. The number of likely N-dealkylation sites (tertiary alicyclic amines) is 1. The lowest BCUT2D eigenvalue weighted by Gasteiger charge is -2.46. The van der Waals surface area contributed by atoms with E-state index in [0.29, 0.717) is 11.5 Å². The van der Waals surface area contributed by atoms with E-state index in [0.717, 1.165) is 51.0 Å². The van der Waals surface area contributed by atoms with Crippen molar-refractivity contribution in [1.29, 1.82) is 0 Å². The van der Waals surface area contributed by atoms with Crippen molar-refractivity contribution >= 4 is 5.96 Å². The number of guanidine groups is 1. The molecule has 3 aliphatic rings. The van der Waals surface area contributed by atoms with Gasteiger partial charge in [0.1, 0.15) is 5.76 Å². The van der Waals surface area contributed by atoms with Gasteiger partial charge in [0.15, 0.2) is 5.96 Å². The van der Waals surface area contributed by atoms with E-state index >= 15 is 0 Å². The van der Waals surface area contributed by atoms with Crippen LogP contribution in [0.25, 0.3) is 0 Å². The number of piperidine rings is 1. The molecule has 1 aromatic heterocycles. The van der Waals surface area contributed by atoms with Gasteiger partial charge in [-0.15, -0.1) is 0 Å². The Labute approximate surface area is 157 Å². The Balaban J connectivity index is 1.43. The van der Waals surface area contributed by atoms with Crippen molar-refractivity contribution in [3.05, 3.63) is 24.2 Å². The standard InChI is InChI=1S/C21H33N3O2/c1-2-7-18(6-1)23-20(22-12-9-19-8-3-15-26-19)24-13-4-10-21(16-24)11-5-14-25-17-21/h3,8,15,18H,1-2,4-7,9-14,16-17H2,(H,22,23). The molecule has 5 nitrogen and oxygen atoms in total. The van der Waals surface area contributed by atoms with Crippen molar-refractivity contribution in [2.45, 2.75) is 63.8 Å². The van der Waals surface area contributed by atoms with Crippen LogP contribution >= 0.6 is 0 Å². The lowest BCUT2D eigenvalue weighted by molar-refractivity contribution is -0.0371. The van der Waals surface area contributed by atoms with Crippen LogP contribution in [0.3, 0.4) is 0 Å². The quantitative estimate of drug-likeness (QED) is 0.659. The molecule has 1 atom stereocenters. The highest BCUT2D eigenvalue weighted by molar-refractivity contribution is 5.80. The predicted octanol–water partition coefficient (Wildman–Crippen LogP) is 3.60. The second-order valence-electron chi connectivity index (χ2n) is 8.34. The van der Waals surface area contributed by atoms with E-state index < -0.39 is 0 Å². The zero-order valence-corrected chi connectivity index (χ0v) is 15.9. The van der Waals surface area contributed by atoms with Gasteiger partial charge in [-0.2, -0.15) is 0 Å². The molecular weight excluding hydrogens is 326 g/mol. The summed E-state index contributed by atoms with van der Waals surface area (Å²) >= 11 is 0. The summed E-state index contributed by atoms with van der Waals surface area (Å²) in [7, 11) is 0. The summed E-state index contributed by atoms with van der Waals surface area (Å²) in [6.45, 7) is 4.84.